The summed E-state index contributed by atoms with van der Waals surface area (Å²) >= 11 is 0. The molecule has 1 aliphatic rings. The van der Waals surface area contributed by atoms with Crippen LogP contribution in [0.3, 0.4) is 0 Å². The van der Waals surface area contributed by atoms with Gasteiger partial charge in [0.1, 0.15) is 11.9 Å². The summed E-state index contributed by atoms with van der Waals surface area (Å²) in [5, 5.41) is 12.5. The van der Waals surface area contributed by atoms with E-state index in [2.05, 4.69) is 22.2 Å². The summed E-state index contributed by atoms with van der Waals surface area (Å²) in [6.07, 6.45) is 8.93. The van der Waals surface area contributed by atoms with Crippen molar-refractivity contribution in [3.63, 3.8) is 0 Å². The Morgan fingerprint density at radius 1 is 1.53 bits per heavy atom. The summed E-state index contributed by atoms with van der Waals surface area (Å²) in [5.41, 5.74) is 0.763. The Morgan fingerprint density at radius 3 is 3.11 bits per heavy atom. The number of carboxylic acids is 1. The van der Waals surface area contributed by atoms with E-state index in [1.54, 1.807) is 0 Å². The van der Waals surface area contributed by atoms with E-state index in [0.29, 0.717) is 18.3 Å². The van der Waals surface area contributed by atoms with Gasteiger partial charge in [-0.05, 0) is 18.8 Å². The van der Waals surface area contributed by atoms with Gasteiger partial charge in [0.15, 0.2) is 0 Å². The first-order valence-electron chi connectivity index (χ1n) is 6.96. The van der Waals surface area contributed by atoms with Crippen molar-refractivity contribution in [2.45, 2.75) is 51.6 Å². The minimum absolute atomic E-state index is 0.192. The van der Waals surface area contributed by atoms with Crippen LogP contribution in [-0.4, -0.2) is 27.1 Å². The molecule has 0 amide bonds. The van der Waals surface area contributed by atoms with Crippen LogP contribution in [0.5, 0.6) is 0 Å². The van der Waals surface area contributed by atoms with E-state index in [1.807, 2.05) is 0 Å². The van der Waals surface area contributed by atoms with Gasteiger partial charge in [0, 0.05) is 18.8 Å². The zero-order valence-corrected chi connectivity index (χ0v) is 11.3. The topological polar surface area (TPSA) is 75.1 Å². The van der Waals surface area contributed by atoms with Crippen LogP contribution < -0.4 is 5.32 Å². The molecule has 5 heteroatoms. The lowest BCUT2D eigenvalue weighted by Crippen LogP contribution is -2.34. The monoisotopic (exact) mass is 263 g/mol. The molecule has 5 nitrogen and oxygen atoms in total. The van der Waals surface area contributed by atoms with Gasteiger partial charge in [0.2, 0.25) is 0 Å². The summed E-state index contributed by atoms with van der Waals surface area (Å²) in [6, 6.07) is 0.482. The molecule has 0 radical (unpaired) electrons. The molecule has 0 saturated heterocycles. The normalized spacial score (nSPS) is 23.2. The highest BCUT2D eigenvalue weighted by atomic mass is 16.4. The average Bonchev–Trinajstić information content (AvgIpc) is 2.45. The third-order valence-corrected chi connectivity index (χ3v) is 3.94. The Bertz CT molecular complexity index is 436. The van der Waals surface area contributed by atoms with Crippen LogP contribution in [0.4, 0.5) is 0 Å². The molecule has 1 heterocycles. The quantitative estimate of drug-likeness (QED) is 0.852. The smallest absolute Gasteiger partial charge is 0.339 e. The number of hydrogen-bond acceptors (Lipinski definition) is 4. The van der Waals surface area contributed by atoms with Crippen LogP contribution in [0, 0.1) is 5.92 Å². The van der Waals surface area contributed by atoms with Crippen LogP contribution in [0.1, 0.15) is 55.1 Å². The molecule has 19 heavy (non-hydrogen) atoms. The minimum atomic E-state index is -0.965. The van der Waals surface area contributed by atoms with Gasteiger partial charge in [-0.1, -0.05) is 26.2 Å². The van der Waals surface area contributed by atoms with Gasteiger partial charge < -0.3 is 10.4 Å². The number of nitrogens with one attached hydrogen (secondary N) is 1. The van der Waals surface area contributed by atoms with E-state index < -0.39 is 5.97 Å². The first-order valence-corrected chi connectivity index (χ1v) is 6.96. The van der Waals surface area contributed by atoms with Crippen LogP contribution in [0.25, 0.3) is 0 Å². The second-order valence-electron chi connectivity index (χ2n) is 5.21. The highest BCUT2D eigenvalue weighted by Gasteiger charge is 2.21. The molecule has 1 aromatic heterocycles. The van der Waals surface area contributed by atoms with E-state index in [-0.39, 0.29) is 5.56 Å². The van der Waals surface area contributed by atoms with Crippen molar-refractivity contribution < 1.29 is 9.90 Å². The van der Waals surface area contributed by atoms with Crippen molar-refractivity contribution in [2.24, 2.45) is 5.92 Å². The van der Waals surface area contributed by atoms with E-state index >= 15 is 0 Å². The molecule has 1 aromatic rings. The van der Waals surface area contributed by atoms with Crippen molar-refractivity contribution in [3.05, 3.63) is 23.8 Å². The summed E-state index contributed by atoms with van der Waals surface area (Å²) in [6.45, 7) is 2.74. The summed E-state index contributed by atoms with van der Waals surface area (Å²) in [7, 11) is 0. The third kappa shape index (κ3) is 3.73. The fraction of sp³-hybridized carbons (Fsp3) is 0.643. The van der Waals surface area contributed by atoms with Crippen molar-refractivity contribution in [3.8, 4) is 0 Å². The molecule has 0 bridgehead atoms. The summed E-state index contributed by atoms with van der Waals surface area (Å²) in [4.78, 5) is 18.9. The van der Waals surface area contributed by atoms with E-state index in [0.717, 1.165) is 5.92 Å². The molecule has 2 atom stereocenters. The Kier molecular flexibility index (Phi) is 4.85. The fourth-order valence-corrected chi connectivity index (χ4v) is 2.76. The van der Waals surface area contributed by atoms with Crippen molar-refractivity contribution in [2.75, 3.05) is 0 Å². The lowest BCUT2D eigenvalue weighted by molar-refractivity contribution is 0.0694. The molecule has 2 N–H and O–H groups in total. The number of aromatic carboxylic acids is 1. The molecule has 1 fully saturated rings. The third-order valence-electron chi connectivity index (χ3n) is 3.94. The van der Waals surface area contributed by atoms with Crippen molar-refractivity contribution in [1.29, 1.82) is 0 Å². The molecule has 0 aliphatic heterocycles. The van der Waals surface area contributed by atoms with Gasteiger partial charge in [-0.3, -0.25) is 0 Å². The molecule has 1 saturated carbocycles. The van der Waals surface area contributed by atoms with Gasteiger partial charge >= 0.3 is 5.97 Å². The first kappa shape index (κ1) is 13.9. The molecule has 0 aromatic carbocycles. The predicted octanol–water partition coefficient (Wildman–Crippen LogP) is 2.23. The fourth-order valence-electron chi connectivity index (χ4n) is 2.76. The Labute approximate surface area is 113 Å². The number of hydrogen-bond donors (Lipinski definition) is 2. The van der Waals surface area contributed by atoms with Gasteiger partial charge in [0.05, 0.1) is 5.69 Å². The molecule has 0 spiro atoms. The predicted molar refractivity (Wildman–Crippen MR) is 71.9 cm³/mol. The highest BCUT2D eigenvalue weighted by Crippen LogP contribution is 2.26. The standard InChI is InChI=1S/C14H21N3O2/c1-2-10-4-3-5-11(6-10)16-8-13-12(14(18)19)7-15-9-17-13/h7,9-11,16H,2-6,8H2,1H3,(H,18,19). The van der Waals surface area contributed by atoms with Crippen molar-refractivity contribution in [1.82, 2.24) is 15.3 Å². The minimum Gasteiger partial charge on any atom is -0.478 e. The number of carbonyl (C=O) groups is 1. The van der Waals surface area contributed by atoms with Gasteiger partial charge in [-0.2, -0.15) is 0 Å². The Morgan fingerprint density at radius 2 is 2.37 bits per heavy atom. The maximum absolute atomic E-state index is 11.1. The molecule has 2 unspecified atom stereocenters. The van der Waals surface area contributed by atoms with Crippen molar-refractivity contribution >= 4 is 5.97 Å². The van der Waals surface area contributed by atoms with Crippen LogP contribution >= 0.6 is 0 Å². The highest BCUT2D eigenvalue weighted by molar-refractivity contribution is 5.88. The number of rotatable bonds is 5. The maximum atomic E-state index is 11.1. The molecule has 2 rings (SSSR count). The summed E-state index contributed by atoms with van der Waals surface area (Å²) in [5.74, 6) is -0.164. The lowest BCUT2D eigenvalue weighted by atomic mass is 9.84. The molecule has 1 aliphatic carbocycles. The van der Waals surface area contributed by atoms with Gasteiger partial charge in [-0.25, -0.2) is 14.8 Å². The van der Waals surface area contributed by atoms with E-state index in [9.17, 15) is 4.79 Å². The molecule has 104 valence electrons. The SMILES string of the molecule is CCC1CCCC(NCc2ncncc2C(=O)O)C1. The average molecular weight is 263 g/mol. The zero-order chi connectivity index (χ0) is 13.7. The van der Waals surface area contributed by atoms with Gasteiger partial charge in [0.25, 0.3) is 0 Å². The maximum Gasteiger partial charge on any atom is 0.339 e. The second-order valence-corrected chi connectivity index (χ2v) is 5.21. The molecular formula is C14H21N3O2. The Hall–Kier alpha value is -1.49. The lowest BCUT2D eigenvalue weighted by Gasteiger charge is -2.29. The largest absolute Gasteiger partial charge is 0.478 e. The number of nitrogens with zero attached hydrogens (tertiary/aromatic N) is 2. The number of carboxylic acid groups (broad SMARTS) is 1. The van der Waals surface area contributed by atoms with Crippen LogP contribution in [-0.2, 0) is 6.54 Å². The zero-order valence-electron chi connectivity index (χ0n) is 11.3. The second kappa shape index (κ2) is 6.61. The van der Waals surface area contributed by atoms with E-state index in [4.69, 9.17) is 5.11 Å². The molecular weight excluding hydrogens is 242 g/mol. The first-order chi connectivity index (χ1) is 9.20. The van der Waals surface area contributed by atoms with Crippen LogP contribution in [0.2, 0.25) is 0 Å². The Balaban J connectivity index is 1.93. The van der Waals surface area contributed by atoms with E-state index in [1.165, 1.54) is 44.6 Å². The number of aromatic nitrogens is 2. The van der Waals surface area contributed by atoms with Crippen LogP contribution in [0.15, 0.2) is 12.5 Å². The van der Waals surface area contributed by atoms with Gasteiger partial charge in [-0.15, -0.1) is 0 Å². The summed E-state index contributed by atoms with van der Waals surface area (Å²) < 4.78 is 0.